The number of carbonyl (C=O) groups is 2. The summed E-state index contributed by atoms with van der Waals surface area (Å²) in [7, 11) is 4.03. The number of carbonyl (C=O) groups excluding carboxylic acids is 2. The van der Waals surface area contributed by atoms with Gasteiger partial charge in [0.15, 0.2) is 0 Å². The standard InChI is InChI=1S/C37H47N5O4S/c1-40(2)34-17-14-29(19-38-34)25-8-6-24(7-9-25)21-42(30-5-3-4-28(18-30)33-20-39-35(47-33)26-10-11-26)36(44)27-12-15-32(16-13-27)46-37(45)41-22-31(43)23-41/h3-5,14,17-20,24-27,31-32,43H,6-13,15-16,21-23H2,1-2H3. The second-order valence-electron chi connectivity index (χ2n) is 14.3. The van der Waals surface area contributed by atoms with Gasteiger partial charge in [-0.05, 0) is 105 Å². The Balaban J connectivity index is 1.03. The smallest absolute Gasteiger partial charge is 0.410 e. The van der Waals surface area contributed by atoms with Crippen LogP contribution in [0.4, 0.5) is 16.3 Å². The molecular weight excluding hydrogens is 611 g/mol. The summed E-state index contributed by atoms with van der Waals surface area (Å²) in [6.07, 6.45) is 12.7. The summed E-state index contributed by atoms with van der Waals surface area (Å²) < 4.78 is 5.73. The van der Waals surface area contributed by atoms with Crippen LogP contribution in [0, 0.1) is 11.8 Å². The van der Waals surface area contributed by atoms with Gasteiger partial charge >= 0.3 is 6.09 Å². The number of amides is 2. The zero-order chi connectivity index (χ0) is 32.5. The average molecular weight is 658 g/mol. The number of nitrogens with zero attached hydrogens (tertiary/aromatic N) is 5. The fourth-order valence-electron chi connectivity index (χ4n) is 7.40. The Morgan fingerprint density at radius 2 is 1.66 bits per heavy atom. The summed E-state index contributed by atoms with van der Waals surface area (Å²) in [6.45, 7) is 1.40. The van der Waals surface area contributed by atoms with Crippen molar-refractivity contribution < 1.29 is 19.4 Å². The van der Waals surface area contributed by atoms with Gasteiger partial charge in [0.1, 0.15) is 11.9 Å². The third-order valence-electron chi connectivity index (χ3n) is 10.6. The Hall–Kier alpha value is -3.50. The van der Waals surface area contributed by atoms with E-state index in [0.717, 1.165) is 54.2 Å². The Morgan fingerprint density at radius 3 is 2.32 bits per heavy atom. The molecule has 3 saturated carbocycles. The molecule has 1 saturated heterocycles. The predicted octanol–water partition coefficient (Wildman–Crippen LogP) is 6.83. The van der Waals surface area contributed by atoms with Crippen molar-refractivity contribution in [1.29, 1.82) is 0 Å². The van der Waals surface area contributed by atoms with Crippen LogP contribution in [0.25, 0.3) is 10.4 Å². The van der Waals surface area contributed by atoms with Gasteiger partial charge in [-0.1, -0.05) is 18.2 Å². The van der Waals surface area contributed by atoms with E-state index in [9.17, 15) is 14.7 Å². The second kappa shape index (κ2) is 13.9. The fourth-order valence-corrected chi connectivity index (χ4v) is 8.48. The first kappa shape index (κ1) is 32.1. The molecule has 250 valence electrons. The molecule has 0 unspecified atom stereocenters. The molecule has 7 rings (SSSR count). The van der Waals surface area contributed by atoms with Crippen molar-refractivity contribution in [3.63, 3.8) is 0 Å². The van der Waals surface area contributed by atoms with Gasteiger partial charge in [-0.15, -0.1) is 11.3 Å². The molecular formula is C37H47N5O4S. The minimum absolute atomic E-state index is 0.0954. The summed E-state index contributed by atoms with van der Waals surface area (Å²) in [6, 6.07) is 12.8. The molecule has 10 heteroatoms. The van der Waals surface area contributed by atoms with Crippen molar-refractivity contribution in [3.8, 4) is 10.4 Å². The van der Waals surface area contributed by atoms with E-state index in [2.05, 4.69) is 46.3 Å². The summed E-state index contributed by atoms with van der Waals surface area (Å²) in [5.74, 6) is 2.63. The molecule has 0 radical (unpaired) electrons. The minimum atomic E-state index is -0.446. The topological polar surface area (TPSA) is 99.1 Å². The molecule has 0 atom stereocenters. The van der Waals surface area contributed by atoms with E-state index in [1.54, 1.807) is 11.3 Å². The van der Waals surface area contributed by atoms with Crippen molar-refractivity contribution in [2.75, 3.05) is 43.5 Å². The highest BCUT2D eigenvalue weighted by molar-refractivity contribution is 7.15. The Labute approximate surface area is 282 Å². The van der Waals surface area contributed by atoms with Crippen LogP contribution in [0.2, 0.25) is 0 Å². The van der Waals surface area contributed by atoms with E-state index in [4.69, 9.17) is 9.72 Å². The highest BCUT2D eigenvalue weighted by Crippen LogP contribution is 2.44. The van der Waals surface area contributed by atoms with Crippen LogP contribution in [0.5, 0.6) is 0 Å². The van der Waals surface area contributed by atoms with Gasteiger partial charge in [0.25, 0.3) is 0 Å². The molecule has 2 aromatic heterocycles. The molecule has 3 aromatic rings. The Kier molecular flexibility index (Phi) is 9.50. The molecule has 2 amide bonds. The Bertz CT molecular complexity index is 1530. The molecule has 1 aromatic carbocycles. The summed E-state index contributed by atoms with van der Waals surface area (Å²) in [5, 5.41) is 10.8. The maximum absolute atomic E-state index is 14.4. The first-order chi connectivity index (χ1) is 22.8. The highest BCUT2D eigenvalue weighted by Gasteiger charge is 2.36. The maximum atomic E-state index is 14.4. The zero-order valence-electron chi connectivity index (χ0n) is 27.6. The number of hydrogen-bond donors (Lipinski definition) is 1. The minimum Gasteiger partial charge on any atom is -0.446 e. The molecule has 0 spiro atoms. The van der Waals surface area contributed by atoms with Crippen LogP contribution in [-0.2, 0) is 9.53 Å². The van der Waals surface area contributed by atoms with Gasteiger partial charge in [0.05, 0.1) is 29.1 Å². The van der Waals surface area contributed by atoms with E-state index in [-0.39, 0.29) is 24.0 Å². The number of hydrogen-bond acceptors (Lipinski definition) is 8. The molecule has 1 aliphatic heterocycles. The molecule has 9 nitrogen and oxygen atoms in total. The van der Waals surface area contributed by atoms with Gasteiger partial charge < -0.3 is 24.5 Å². The van der Waals surface area contributed by atoms with Gasteiger partial charge in [-0.25, -0.2) is 14.8 Å². The molecule has 0 bridgehead atoms. The monoisotopic (exact) mass is 657 g/mol. The SMILES string of the molecule is CN(C)c1ccc(C2CCC(CN(C(=O)C3CCC(OC(=O)N4CC(O)C4)CC3)c3cccc(-c4cnc(C5CC5)s4)c3)CC2)cn1. The van der Waals surface area contributed by atoms with Crippen LogP contribution in [0.3, 0.4) is 0 Å². The lowest BCUT2D eigenvalue weighted by molar-refractivity contribution is -0.124. The molecule has 4 aliphatic rings. The molecule has 4 fully saturated rings. The fraction of sp³-hybridized carbons (Fsp3) is 0.568. The van der Waals surface area contributed by atoms with Crippen molar-refractivity contribution in [2.45, 2.75) is 88.3 Å². The molecule has 47 heavy (non-hydrogen) atoms. The first-order valence-electron chi connectivity index (χ1n) is 17.4. The number of aliphatic hydroxyl groups is 1. The molecule has 3 heterocycles. The molecule has 3 aliphatic carbocycles. The lowest BCUT2D eigenvalue weighted by Gasteiger charge is -2.38. The second-order valence-corrected chi connectivity index (χ2v) is 15.4. The number of pyridine rings is 1. The third kappa shape index (κ3) is 7.49. The lowest BCUT2D eigenvalue weighted by Crippen LogP contribution is -2.54. The van der Waals surface area contributed by atoms with Crippen molar-refractivity contribution >= 4 is 34.8 Å². The average Bonchev–Trinajstić information content (AvgIpc) is 3.82. The number of likely N-dealkylation sites (tertiary alicyclic amines) is 1. The molecule has 1 N–H and O–H groups in total. The van der Waals surface area contributed by atoms with Crippen LogP contribution < -0.4 is 9.80 Å². The largest absolute Gasteiger partial charge is 0.446 e. The number of ether oxygens (including phenoxy) is 1. The van der Waals surface area contributed by atoms with E-state index in [0.29, 0.717) is 56.5 Å². The lowest BCUT2D eigenvalue weighted by atomic mass is 9.78. The van der Waals surface area contributed by atoms with E-state index in [1.165, 1.54) is 28.3 Å². The van der Waals surface area contributed by atoms with Crippen molar-refractivity contribution in [2.24, 2.45) is 11.8 Å². The van der Waals surface area contributed by atoms with E-state index in [1.807, 2.05) is 31.4 Å². The quantitative estimate of drug-likeness (QED) is 0.269. The summed E-state index contributed by atoms with van der Waals surface area (Å²) in [5.41, 5.74) is 3.39. The number of rotatable bonds is 9. The normalized spacial score (nSPS) is 24.8. The van der Waals surface area contributed by atoms with Gasteiger partial charge in [0, 0.05) is 50.6 Å². The number of aliphatic hydroxyl groups excluding tert-OH is 1. The van der Waals surface area contributed by atoms with Gasteiger partial charge in [-0.2, -0.15) is 0 Å². The van der Waals surface area contributed by atoms with Crippen LogP contribution in [-0.4, -0.2) is 77.9 Å². The highest BCUT2D eigenvalue weighted by atomic mass is 32.1. The Morgan fingerprint density at radius 1 is 0.915 bits per heavy atom. The summed E-state index contributed by atoms with van der Waals surface area (Å²) in [4.78, 5) is 43.0. The van der Waals surface area contributed by atoms with E-state index >= 15 is 0 Å². The predicted molar refractivity (Wildman–Crippen MR) is 185 cm³/mol. The number of anilines is 2. The number of aromatic nitrogens is 2. The van der Waals surface area contributed by atoms with E-state index < -0.39 is 6.10 Å². The van der Waals surface area contributed by atoms with Gasteiger partial charge in [-0.3, -0.25) is 4.79 Å². The number of benzene rings is 1. The third-order valence-corrected chi connectivity index (χ3v) is 11.8. The van der Waals surface area contributed by atoms with Crippen LogP contribution in [0.15, 0.2) is 48.8 Å². The van der Waals surface area contributed by atoms with Gasteiger partial charge in [0.2, 0.25) is 5.91 Å². The summed E-state index contributed by atoms with van der Waals surface area (Å²) >= 11 is 1.78. The van der Waals surface area contributed by atoms with Crippen molar-refractivity contribution in [1.82, 2.24) is 14.9 Å². The van der Waals surface area contributed by atoms with Crippen molar-refractivity contribution in [3.05, 3.63) is 59.4 Å². The number of thiazole rings is 1. The number of β-amino-alcohol motifs (C(OH)–C–C–N with tert-alkyl or cyclic N) is 1. The first-order valence-corrected chi connectivity index (χ1v) is 18.3. The van der Waals surface area contributed by atoms with Crippen LogP contribution in [0.1, 0.15) is 86.6 Å². The zero-order valence-corrected chi connectivity index (χ0v) is 28.4. The van der Waals surface area contributed by atoms with Crippen LogP contribution >= 0.6 is 11.3 Å². The maximum Gasteiger partial charge on any atom is 0.410 e.